The summed E-state index contributed by atoms with van der Waals surface area (Å²) in [6.07, 6.45) is 0. The Bertz CT molecular complexity index is 440. The van der Waals surface area contributed by atoms with E-state index in [9.17, 15) is 0 Å². The van der Waals surface area contributed by atoms with E-state index in [-0.39, 0.29) is 0 Å². The zero-order valence-corrected chi connectivity index (χ0v) is 9.94. The van der Waals surface area contributed by atoms with Crippen LogP contribution in [0.15, 0.2) is 32.9 Å². The minimum atomic E-state index is 0.588. The maximum Gasteiger partial charge on any atom is 0.178 e. The number of hydrogen-bond acceptors (Lipinski definition) is 5. The van der Waals surface area contributed by atoms with E-state index in [0.29, 0.717) is 6.54 Å². The van der Waals surface area contributed by atoms with E-state index in [1.807, 2.05) is 0 Å². The molecular weight excluding hydrogens is 226 g/mol. The quantitative estimate of drug-likeness (QED) is 0.891. The Labute approximate surface area is 96.7 Å². The number of hydrogen-bond donors (Lipinski definition) is 1. The van der Waals surface area contributed by atoms with Crippen LogP contribution < -0.4 is 5.73 Å². The van der Waals surface area contributed by atoms with Gasteiger partial charge in [0.2, 0.25) is 0 Å². The summed E-state index contributed by atoms with van der Waals surface area (Å²) in [5.41, 5.74) is 9.72. The van der Waals surface area contributed by atoms with Crippen molar-refractivity contribution in [1.82, 2.24) is 10.2 Å². The van der Waals surface area contributed by atoms with Gasteiger partial charge >= 0.3 is 0 Å². The molecular formula is C10H11N3S2. The summed E-state index contributed by atoms with van der Waals surface area (Å²) in [5.74, 6) is 0. The first-order valence-electron chi connectivity index (χ1n) is 4.53. The van der Waals surface area contributed by atoms with E-state index < -0.39 is 0 Å². The average molecular weight is 237 g/mol. The molecule has 0 saturated carbocycles. The van der Waals surface area contributed by atoms with Crippen LogP contribution in [0, 0.1) is 6.92 Å². The molecule has 3 nitrogen and oxygen atoms in total. The van der Waals surface area contributed by atoms with Gasteiger partial charge < -0.3 is 5.73 Å². The van der Waals surface area contributed by atoms with Crippen molar-refractivity contribution in [1.29, 1.82) is 0 Å². The highest BCUT2D eigenvalue weighted by Crippen LogP contribution is 2.31. The van der Waals surface area contributed by atoms with Crippen molar-refractivity contribution in [2.24, 2.45) is 5.73 Å². The highest BCUT2D eigenvalue weighted by atomic mass is 32.2. The van der Waals surface area contributed by atoms with Crippen LogP contribution >= 0.6 is 23.1 Å². The maximum atomic E-state index is 5.58. The monoisotopic (exact) mass is 237 g/mol. The molecule has 2 rings (SSSR count). The van der Waals surface area contributed by atoms with Gasteiger partial charge in [0, 0.05) is 11.4 Å². The van der Waals surface area contributed by atoms with Gasteiger partial charge in [0.1, 0.15) is 5.51 Å². The molecule has 2 aromatic rings. The molecule has 0 aliphatic heterocycles. The first-order valence-corrected chi connectivity index (χ1v) is 6.23. The molecule has 0 amide bonds. The predicted molar refractivity (Wildman–Crippen MR) is 63.1 cm³/mol. The second kappa shape index (κ2) is 4.74. The van der Waals surface area contributed by atoms with Crippen LogP contribution in [0.25, 0.3) is 0 Å². The lowest BCUT2D eigenvalue weighted by atomic mass is 10.1. The summed E-state index contributed by atoms with van der Waals surface area (Å²) >= 11 is 3.20. The number of nitrogens with two attached hydrogens (primary N) is 1. The van der Waals surface area contributed by atoms with Crippen molar-refractivity contribution in [2.75, 3.05) is 0 Å². The zero-order chi connectivity index (χ0) is 10.7. The SMILES string of the molecule is Cc1cc(CN)ccc1Sc1nncs1. The van der Waals surface area contributed by atoms with Crippen LogP contribution in [0.4, 0.5) is 0 Å². The van der Waals surface area contributed by atoms with Crippen LogP contribution in [0.5, 0.6) is 0 Å². The smallest absolute Gasteiger partial charge is 0.178 e. The molecule has 0 saturated heterocycles. The van der Waals surface area contributed by atoms with Crippen LogP contribution in [-0.4, -0.2) is 10.2 Å². The molecule has 0 fully saturated rings. The fourth-order valence-electron chi connectivity index (χ4n) is 1.25. The maximum absolute atomic E-state index is 5.58. The van der Waals surface area contributed by atoms with Crippen molar-refractivity contribution in [3.8, 4) is 0 Å². The Morgan fingerprint density at radius 3 is 2.93 bits per heavy atom. The Hall–Kier alpha value is -0.910. The van der Waals surface area contributed by atoms with Crippen molar-refractivity contribution >= 4 is 23.1 Å². The molecule has 0 bridgehead atoms. The van der Waals surface area contributed by atoms with Gasteiger partial charge in [-0.15, -0.1) is 10.2 Å². The highest BCUT2D eigenvalue weighted by Gasteiger charge is 2.04. The topological polar surface area (TPSA) is 51.8 Å². The molecule has 0 aliphatic rings. The van der Waals surface area contributed by atoms with Gasteiger partial charge in [0.25, 0.3) is 0 Å². The van der Waals surface area contributed by atoms with Crippen LogP contribution in [0.1, 0.15) is 11.1 Å². The molecule has 0 aliphatic carbocycles. The van der Waals surface area contributed by atoms with Crippen molar-refractivity contribution in [3.63, 3.8) is 0 Å². The number of benzene rings is 1. The summed E-state index contributed by atoms with van der Waals surface area (Å²) in [6.45, 7) is 2.67. The first-order chi connectivity index (χ1) is 7.29. The fraction of sp³-hybridized carbons (Fsp3) is 0.200. The van der Waals surface area contributed by atoms with Crippen molar-refractivity contribution in [3.05, 3.63) is 34.8 Å². The number of nitrogens with zero attached hydrogens (tertiary/aromatic N) is 2. The van der Waals surface area contributed by atoms with Crippen LogP contribution in [0.3, 0.4) is 0 Å². The van der Waals surface area contributed by atoms with E-state index in [4.69, 9.17) is 5.73 Å². The van der Waals surface area contributed by atoms with Crippen LogP contribution in [-0.2, 0) is 6.54 Å². The second-order valence-electron chi connectivity index (χ2n) is 3.11. The lowest BCUT2D eigenvalue weighted by Gasteiger charge is -2.04. The van der Waals surface area contributed by atoms with Crippen LogP contribution in [0.2, 0.25) is 0 Å². The summed E-state index contributed by atoms with van der Waals surface area (Å²) in [7, 11) is 0. The molecule has 1 heterocycles. The lowest BCUT2D eigenvalue weighted by molar-refractivity contribution is 1.01. The Morgan fingerprint density at radius 1 is 1.47 bits per heavy atom. The van der Waals surface area contributed by atoms with Gasteiger partial charge in [-0.2, -0.15) is 0 Å². The van der Waals surface area contributed by atoms with Gasteiger partial charge in [0.05, 0.1) is 0 Å². The van der Waals surface area contributed by atoms with Gasteiger partial charge in [-0.1, -0.05) is 35.2 Å². The summed E-state index contributed by atoms with van der Waals surface area (Å²) < 4.78 is 0.971. The van der Waals surface area contributed by atoms with E-state index in [0.717, 1.165) is 9.90 Å². The molecule has 1 aromatic heterocycles. The molecule has 2 N–H and O–H groups in total. The number of rotatable bonds is 3. The van der Waals surface area contributed by atoms with Gasteiger partial charge in [-0.25, -0.2) is 0 Å². The summed E-state index contributed by atoms with van der Waals surface area (Å²) in [4.78, 5) is 1.21. The van der Waals surface area contributed by atoms with Gasteiger partial charge in [0.15, 0.2) is 4.34 Å². The number of aromatic nitrogens is 2. The largest absolute Gasteiger partial charge is 0.326 e. The average Bonchev–Trinajstić information content (AvgIpc) is 2.74. The van der Waals surface area contributed by atoms with E-state index in [1.165, 1.54) is 10.5 Å². The minimum absolute atomic E-state index is 0.588. The van der Waals surface area contributed by atoms with E-state index in [2.05, 4.69) is 35.3 Å². The molecule has 0 atom stereocenters. The Balaban J connectivity index is 2.22. The fourth-order valence-corrected chi connectivity index (χ4v) is 2.76. The third kappa shape index (κ3) is 2.56. The lowest BCUT2D eigenvalue weighted by Crippen LogP contribution is -1.96. The molecule has 78 valence electrons. The van der Waals surface area contributed by atoms with E-state index in [1.54, 1.807) is 28.6 Å². The van der Waals surface area contributed by atoms with E-state index >= 15 is 0 Å². The predicted octanol–water partition coefficient (Wildman–Crippen LogP) is 2.46. The molecule has 1 aromatic carbocycles. The zero-order valence-electron chi connectivity index (χ0n) is 8.30. The van der Waals surface area contributed by atoms with Gasteiger partial charge in [-0.3, -0.25) is 0 Å². The number of aryl methyl sites for hydroxylation is 1. The highest BCUT2D eigenvalue weighted by molar-refractivity contribution is 8.01. The standard InChI is InChI=1S/C10H11N3S2/c1-7-4-8(5-11)2-3-9(7)15-10-13-12-6-14-10/h2-4,6H,5,11H2,1H3. The van der Waals surface area contributed by atoms with Crippen molar-refractivity contribution in [2.45, 2.75) is 22.7 Å². The summed E-state index contributed by atoms with van der Waals surface area (Å²) in [5, 5.41) is 7.81. The molecule has 5 heteroatoms. The normalized spacial score (nSPS) is 10.5. The second-order valence-corrected chi connectivity index (χ2v) is 5.23. The molecule has 15 heavy (non-hydrogen) atoms. The first kappa shape index (κ1) is 10.6. The van der Waals surface area contributed by atoms with Gasteiger partial charge in [-0.05, 0) is 24.1 Å². The molecule has 0 radical (unpaired) electrons. The molecule has 0 spiro atoms. The Morgan fingerprint density at radius 2 is 2.33 bits per heavy atom. The Kier molecular flexibility index (Phi) is 3.35. The minimum Gasteiger partial charge on any atom is -0.326 e. The third-order valence-corrected chi connectivity index (χ3v) is 3.97. The molecule has 0 unspecified atom stereocenters. The summed E-state index contributed by atoms with van der Waals surface area (Å²) in [6, 6.07) is 6.25. The third-order valence-electron chi connectivity index (χ3n) is 2.01. The van der Waals surface area contributed by atoms with Crippen molar-refractivity contribution < 1.29 is 0 Å².